The van der Waals surface area contributed by atoms with Crippen LogP contribution in [0.5, 0.6) is 17.2 Å². The minimum Gasteiger partial charge on any atom is -0.497 e. The number of aldehydes is 1. The summed E-state index contributed by atoms with van der Waals surface area (Å²) in [5, 5.41) is 0.421. The van der Waals surface area contributed by atoms with Gasteiger partial charge in [0.1, 0.15) is 30.1 Å². The first-order valence-corrected chi connectivity index (χ1v) is 7.69. The number of halogens is 1. The van der Waals surface area contributed by atoms with E-state index in [4.69, 9.17) is 30.5 Å². The molecule has 0 aliphatic heterocycles. The molecule has 0 atom stereocenters. The molecule has 0 aromatic heterocycles. The van der Waals surface area contributed by atoms with Crippen molar-refractivity contribution in [3.63, 3.8) is 0 Å². The third-order valence-corrected chi connectivity index (χ3v) is 3.63. The molecular formula is C18H19ClO5. The highest BCUT2D eigenvalue weighted by atomic mass is 35.5. The average Bonchev–Trinajstić information content (AvgIpc) is 2.61. The molecule has 0 heterocycles. The Labute approximate surface area is 146 Å². The lowest BCUT2D eigenvalue weighted by atomic mass is 10.1. The number of methoxy groups -OCH3 is 2. The zero-order valence-electron chi connectivity index (χ0n) is 13.6. The number of rotatable bonds is 9. The van der Waals surface area contributed by atoms with E-state index in [0.717, 1.165) is 17.6 Å². The summed E-state index contributed by atoms with van der Waals surface area (Å²) in [6.45, 7) is 0.384. The van der Waals surface area contributed by atoms with E-state index in [2.05, 4.69) is 0 Å². The van der Waals surface area contributed by atoms with Crippen LogP contribution in [0.3, 0.4) is 0 Å². The molecule has 128 valence electrons. The second kappa shape index (κ2) is 9.15. The third kappa shape index (κ3) is 4.63. The Morgan fingerprint density at radius 2 is 1.79 bits per heavy atom. The summed E-state index contributed by atoms with van der Waals surface area (Å²) in [6.07, 6.45) is 0.920. The van der Waals surface area contributed by atoms with Crippen molar-refractivity contribution in [1.82, 2.24) is 0 Å². The molecule has 24 heavy (non-hydrogen) atoms. The number of benzene rings is 2. The predicted octanol–water partition coefficient (Wildman–Crippen LogP) is 3.65. The molecule has 0 bridgehead atoms. The van der Waals surface area contributed by atoms with Gasteiger partial charge in [-0.1, -0.05) is 23.7 Å². The molecule has 6 heteroatoms. The summed E-state index contributed by atoms with van der Waals surface area (Å²) >= 11 is 6.24. The standard InChI is InChI=1S/C18H19ClO5/c1-21-12-24-17-8-7-16(19)18(15(17)9-10-20)23-11-13-3-5-14(22-2)6-4-13/h3-8,10H,9,11-12H2,1-2H3. The molecule has 0 saturated carbocycles. The van der Waals surface area contributed by atoms with E-state index in [1.165, 1.54) is 7.11 Å². The van der Waals surface area contributed by atoms with Crippen LogP contribution in [0.25, 0.3) is 0 Å². The van der Waals surface area contributed by atoms with E-state index >= 15 is 0 Å². The molecule has 0 spiro atoms. The van der Waals surface area contributed by atoms with Crippen molar-refractivity contribution in [1.29, 1.82) is 0 Å². The van der Waals surface area contributed by atoms with Crippen LogP contribution < -0.4 is 14.2 Å². The molecule has 0 N–H and O–H groups in total. The molecule has 0 radical (unpaired) electrons. The van der Waals surface area contributed by atoms with Crippen molar-refractivity contribution in [3.8, 4) is 17.2 Å². The van der Waals surface area contributed by atoms with E-state index < -0.39 is 0 Å². The van der Waals surface area contributed by atoms with E-state index in [0.29, 0.717) is 28.7 Å². The highest BCUT2D eigenvalue weighted by molar-refractivity contribution is 6.32. The summed E-state index contributed by atoms with van der Waals surface area (Å²) in [5.41, 5.74) is 1.55. The van der Waals surface area contributed by atoms with Gasteiger partial charge in [0.15, 0.2) is 6.79 Å². The maximum Gasteiger partial charge on any atom is 0.188 e. The normalized spacial score (nSPS) is 10.3. The van der Waals surface area contributed by atoms with E-state index in [-0.39, 0.29) is 13.2 Å². The molecule has 0 unspecified atom stereocenters. The van der Waals surface area contributed by atoms with Crippen molar-refractivity contribution in [2.24, 2.45) is 0 Å². The van der Waals surface area contributed by atoms with Gasteiger partial charge in [-0.05, 0) is 29.8 Å². The summed E-state index contributed by atoms with van der Waals surface area (Å²) in [5.74, 6) is 1.72. The zero-order chi connectivity index (χ0) is 17.4. The molecule has 2 aromatic rings. The molecule has 0 fully saturated rings. The number of carbonyl (C=O) groups is 1. The number of hydrogen-bond acceptors (Lipinski definition) is 5. The Hall–Kier alpha value is -2.24. The van der Waals surface area contributed by atoms with Crippen molar-refractivity contribution in [3.05, 3.63) is 52.5 Å². The van der Waals surface area contributed by atoms with Crippen LogP contribution in [0.15, 0.2) is 36.4 Å². The Balaban J connectivity index is 2.21. The van der Waals surface area contributed by atoms with Gasteiger partial charge in [0.2, 0.25) is 0 Å². The second-order valence-electron chi connectivity index (χ2n) is 4.91. The SMILES string of the molecule is COCOc1ccc(Cl)c(OCc2ccc(OC)cc2)c1CC=O. The van der Waals surface area contributed by atoms with E-state index in [1.54, 1.807) is 19.2 Å². The first-order valence-electron chi connectivity index (χ1n) is 7.32. The van der Waals surface area contributed by atoms with Crippen LogP contribution in [0.2, 0.25) is 5.02 Å². The zero-order valence-corrected chi connectivity index (χ0v) is 14.3. The fraction of sp³-hybridized carbons (Fsp3) is 0.278. The summed E-state index contributed by atoms with van der Waals surface area (Å²) in [7, 11) is 3.14. The molecule has 2 aromatic carbocycles. The summed E-state index contributed by atoms with van der Waals surface area (Å²) in [4.78, 5) is 11.0. The molecule has 5 nitrogen and oxygen atoms in total. The fourth-order valence-electron chi connectivity index (χ4n) is 2.15. The number of hydrogen-bond donors (Lipinski definition) is 0. The number of carbonyl (C=O) groups excluding carboxylic acids is 1. The predicted molar refractivity (Wildman–Crippen MR) is 91.1 cm³/mol. The van der Waals surface area contributed by atoms with Gasteiger partial charge in [-0.3, -0.25) is 0 Å². The van der Waals surface area contributed by atoms with Gasteiger partial charge in [-0.2, -0.15) is 0 Å². The van der Waals surface area contributed by atoms with E-state index in [9.17, 15) is 4.79 Å². The Bertz CT molecular complexity index is 670. The van der Waals surface area contributed by atoms with Crippen molar-refractivity contribution in [2.75, 3.05) is 21.0 Å². The molecular weight excluding hydrogens is 332 g/mol. The van der Waals surface area contributed by atoms with Gasteiger partial charge in [0.05, 0.1) is 12.1 Å². The molecule has 2 rings (SSSR count). The van der Waals surface area contributed by atoms with Gasteiger partial charge >= 0.3 is 0 Å². The largest absolute Gasteiger partial charge is 0.497 e. The van der Waals surface area contributed by atoms with Crippen molar-refractivity contribution >= 4 is 17.9 Å². The summed E-state index contributed by atoms with van der Waals surface area (Å²) in [6, 6.07) is 10.9. The van der Waals surface area contributed by atoms with Crippen LogP contribution in [0.4, 0.5) is 0 Å². The minimum atomic E-state index is 0.0748. The van der Waals surface area contributed by atoms with Crippen LogP contribution in [0, 0.1) is 0 Å². The minimum absolute atomic E-state index is 0.0748. The highest BCUT2D eigenvalue weighted by Crippen LogP contribution is 2.36. The lowest BCUT2D eigenvalue weighted by Gasteiger charge is -2.16. The molecule has 0 aliphatic rings. The van der Waals surface area contributed by atoms with Crippen LogP contribution in [-0.4, -0.2) is 27.3 Å². The maximum absolute atomic E-state index is 11.0. The lowest BCUT2D eigenvalue weighted by Crippen LogP contribution is -2.05. The lowest BCUT2D eigenvalue weighted by molar-refractivity contribution is -0.107. The monoisotopic (exact) mass is 350 g/mol. The van der Waals surface area contributed by atoms with Crippen molar-refractivity contribution < 1.29 is 23.7 Å². The van der Waals surface area contributed by atoms with Gasteiger partial charge in [-0.15, -0.1) is 0 Å². The topological polar surface area (TPSA) is 54.0 Å². The Morgan fingerprint density at radius 3 is 2.42 bits per heavy atom. The van der Waals surface area contributed by atoms with Crippen LogP contribution in [0.1, 0.15) is 11.1 Å². The highest BCUT2D eigenvalue weighted by Gasteiger charge is 2.15. The van der Waals surface area contributed by atoms with Gasteiger partial charge in [0, 0.05) is 19.1 Å². The Morgan fingerprint density at radius 1 is 1.04 bits per heavy atom. The molecule has 0 aliphatic carbocycles. The van der Waals surface area contributed by atoms with Crippen molar-refractivity contribution in [2.45, 2.75) is 13.0 Å². The smallest absolute Gasteiger partial charge is 0.188 e. The van der Waals surface area contributed by atoms with E-state index in [1.807, 2.05) is 24.3 Å². The second-order valence-corrected chi connectivity index (χ2v) is 5.32. The first-order chi connectivity index (χ1) is 11.7. The quantitative estimate of drug-likeness (QED) is 0.510. The molecule has 0 saturated heterocycles. The maximum atomic E-state index is 11.0. The van der Waals surface area contributed by atoms with Crippen LogP contribution >= 0.6 is 11.6 Å². The van der Waals surface area contributed by atoms with Gasteiger partial charge < -0.3 is 23.7 Å². The average molecular weight is 351 g/mol. The van der Waals surface area contributed by atoms with Gasteiger partial charge in [-0.25, -0.2) is 0 Å². The van der Waals surface area contributed by atoms with Gasteiger partial charge in [0.25, 0.3) is 0 Å². The first kappa shape index (κ1) is 18.1. The molecule has 0 amide bonds. The fourth-order valence-corrected chi connectivity index (χ4v) is 2.38. The third-order valence-electron chi connectivity index (χ3n) is 3.33. The number of ether oxygens (including phenoxy) is 4. The Kier molecular flexibility index (Phi) is 6.90. The summed E-state index contributed by atoms with van der Waals surface area (Å²) < 4.78 is 21.4. The van der Waals surface area contributed by atoms with Crippen LogP contribution in [-0.2, 0) is 22.6 Å².